The first-order valence-electron chi connectivity index (χ1n) is 10.8. The molecule has 0 aromatic heterocycles. The number of alkyl carbamates (subject to hydrolysis) is 1. The lowest BCUT2D eigenvalue weighted by Gasteiger charge is -2.25. The van der Waals surface area contributed by atoms with Crippen LogP contribution in [-0.4, -0.2) is 62.0 Å². The molecule has 9 nitrogen and oxygen atoms in total. The van der Waals surface area contributed by atoms with Crippen molar-refractivity contribution >= 4 is 29.5 Å². The lowest BCUT2D eigenvalue weighted by atomic mass is 10.2. The van der Waals surface area contributed by atoms with Crippen molar-refractivity contribution in [3.63, 3.8) is 0 Å². The molecule has 2 saturated heterocycles. The molecule has 1 aromatic carbocycles. The van der Waals surface area contributed by atoms with Crippen LogP contribution in [-0.2, 0) is 14.3 Å². The van der Waals surface area contributed by atoms with Gasteiger partial charge in [-0.2, -0.15) is 0 Å². The zero-order chi connectivity index (χ0) is 23.2. The summed E-state index contributed by atoms with van der Waals surface area (Å²) < 4.78 is 25.4. The minimum Gasteiger partial charge on any atom is -0.444 e. The van der Waals surface area contributed by atoms with E-state index in [1.54, 1.807) is 12.1 Å². The van der Waals surface area contributed by atoms with Gasteiger partial charge in [-0.15, -0.1) is 0 Å². The number of hydrogen-bond acceptors (Lipinski definition) is 6. The van der Waals surface area contributed by atoms with Gasteiger partial charge in [0.05, 0.1) is 24.5 Å². The molecule has 3 amide bonds. The Labute approximate surface area is 186 Å². The van der Waals surface area contributed by atoms with Gasteiger partial charge >= 0.3 is 12.2 Å². The van der Waals surface area contributed by atoms with Crippen LogP contribution >= 0.6 is 0 Å². The number of nitrogens with one attached hydrogen (secondary N) is 2. The lowest BCUT2D eigenvalue weighted by molar-refractivity contribution is -0.119. The second-order valence-corrected chi connectivity index (χ2v) is 9.59. The van der Waals surface area contributed by atoms with E-state index >= 15 is 0 Å². The number of carbonyl (C=O) groups is 3. The Balaban J connectivity index is 1.32. The first-order valence-corrected chi connectivity index (χ1v) is 10.8. The van der Waals surface area contributed by atoms with Crippen LogP contribution in [0.3, 0.4) is 0 Å². The lowest BCUT2D eigenvalue weighted by Crippen LogP contribution is -2.38. The fraction of sp³-hybridized carbons (Fsp3) is 0.591. The molecule has 3 fully saturated rings. The molecule has 2 aliphatic heterocycles. The minimum atomic E-state index is -0.564. The molecule has 0 radical (unpaired) electrons. The standard InChI is InChI=1S/C22H29FN4O5/c1-12(28)24-8-14-9-27(21(30)31-14)13-5-6-18(17(23)7-13)26-10-15-16(11-26)19(15)25-20(29)32-22(2,3)4/h5-7,14-16,19H,8-11H2,1-4H3,(H,24,28)(H,25,29). The zero-order valence-electron chi connectivity index (χ0n) is 18.7. The van der Waals surface area contributed by atoms with Crippen molar-refractivity contribution in [2.75, 3.05) is 36.0 Å². The summed E-state index contributed by atoms with van der Waals surface area (Å²) in [4.78, 5) is 38.5. The van der Waals surface area contributed by atoms with E-state index in [4.69, 9.17) is 9.47 Å². The number of amides is 3. The first-order chi connectivity index (χ1) is 15.0. The van der Waals surface area contributed by atoms with Gasteiger partial charge in [-0.1, -0.05) is 0 Å². The van der Waals surface area contributed by atoms with E-state index in [-0.39, 0.29) is 36.9 Å². The third kappa shape index (κ3) is 4.73. The summed E-state index contributed by atoms with van der Waals surface area (Å²) in [6.45, 7) is 8.59. The maximum absolute atomic E-state index is 14.9. The monoisotopic (exact) mass is 448 g/mol. The van der Waals surface area contributed by atoms with Crippen LogP contribution < -0.4 is 20.4 Å². The highest BCUT2D eigenvalue weighted by Gasteiger charge is 2.57. The van der Waals surface area contributed by atoms with Crippen molar-refractivity contribution in [1.29, 1.82) is 0 Å². The number of carbonyl (C=O) groups excluding carboxylic acids is 3. The Morgan fingerprint density at radius 2 is 1.91 bits per heavy atom. The molecule has 2 N–H and O–H groups in total. The molecule has 0 bridgehead atoms. The molecular weight excluding hydrogens is 419 g/mol. The summed E-state index contributed by atoms with van der Waals surface area (Å²) in [5, 5.41) is 5.52. The van der Waals surface area contributed by atoms with Crippen molar-refractivity contribution in [1.82, 2.24) is 10.6 Å². The number of anilines is 2. The third-order valence-electron chi connectivity index (χ3n) is 5.91. The van der Waals surface area contributed by atoms with Gasteiger partial charge in [-0.05, 0) is 39.0 Å². The SMILES string of the molecule is CC(=O)NCC1CN(c2ccc(N3CC4C(C3)C4NC(=O)OC(C)(C)C)c(F)c2)C(=O)O1. The summed E-state index contributed by atoms with van der Waals surface area (Å²) in [5.41, 5.74) is 0.339. The Kier molecular flexibility index (Phi) is 5.64. The molecule has 3 unspecified atom stereocenters. The number of benzene rings is 1. The molecule has 3 atom stereocenters. The van der Waals surface area contributed by atoms with Crippen molar-refractivity contribution in [2.24, 2.45) is 11.8 Å². The van der Waals surface area contributed by atoms with Gasteiger partial charge in [-0.3, -0.25) is 9.69 Å². The molecule has 0 spiro atoms. The number of piperidine rings is 1. The zero-order valence-corrected chi connectivity index (χ0v) is 18.7. The fourth-order valence-electron chi connectivity index (χ4n) is 4.40. The molecule has 1 aromatic rings. The fourth-order valence-corrected chi connectivity index (χ4v) is 4.40. The highest BCUT2D eigenvalue weighted by molar-refractivity contribution is 5.90. The average Bonchev–Trinajstić information content (AvgIpc) is 3.03. The number of fused-ring (bicyclic) bond motifs is 1. The summed E-state index contributed by atoms with van der Waals surface area (Å²) >= 11 is 0. The van der Waals surface area contributed by atoms with Crippen molar-refractivity contribution in [3.05, 3.63) is 24.0 Å². The summed E-state index contributed by atoms with van der Waals surface area (Å²) in [6.07, 6.45) is -1.46. The molecule has 1 saturated carbocycles. The maximum atomic E-state index is 14.9. The van der Waals surface area contributed by atoms with E-state index in [0.29, 0.717) is 24.5 Å². The highest BCUT2D eigenvalue weighted by Crippen LogP contribution is 2.47. The van der Waals surface area contributed by atoms with Crippen LogP contribution in [0.25, 0.3) is 0 Å². The van der Waals surface area contributed by atoms with Gasteiger partial charge in [-0.25, -0.2) is 14.0 Å². The number of nitrogens with zero attached hydrogens (tertiary/aromatic N) is 2. The second-order valence-electron chi connectivity index (χ2n) is 9.59. The smallest absolute Gasteiger partial charge is 0.414 e. The number of halogens is 1. The number of rotatable bonds is 5. The second kappa shape index (κ2) is 8.14. The van der Waals surface area contributed by atoms with Gasteiger partial charge in [0.2, 0.25) is 5.91 Å². The molecule has 4 rings (SSSR count). The van der Waals surface area contributed by atoms with Gasteiger partial charge in [0.15, 0.2) is 0 Å². The molecule has 1 aliphatic carbocycles. The predicted molar refractivity (Wildman–Crippen MR) is 115 cm³/mol. The van der Waals surface area contributed by atoms with Crippen molar-refractivity contribution in [2.45, 2.75) is 45.4 Å². The highest BCUT2D eigenvalue weighted by atomic mass is 19.1. The first kappa shape index (κ1) is 22.2. The summed E-state index contributed by atoms with van der Waals surface area (Å²) in [6, 6.07) is 4.75. The number of hydrogen-bond donors (Lipinski definition) is 2. The largest absolute Gasteiger partial charge is 0.444 e. The van der Waals surface area contributed by atoms with E-state index in [0.717, 1.165) is 0 Å². The minimum absolute atomic E-state index is 0.0587. The summed E-state index contributed by atoms with van der Waals surface area (Å²) in [7, 11) is 0. The van der Waals surface area contributed by atoms with Gasteiger partial charge < -0.3 is 25.0 Å². The quantitative estimate of drug-likeness (QED) is 0.717. The van der Waals surface area contributed by atoms with E-state index in [9.17, 15) is 18.8 Å². The number of ether oxygens (including phenoxy) is 2. The van der Waals surface area contributed by atoms with Gasteiger partial charge in [0, 0.05) is 37.9 Å². The van der Waals surface area contributed by atoms with Crippen molar-refractivity contribution in [3.8, 4) is 0 Å². The van der Waals surface area contributed by atoms with E-state index in [1.807, 2.05) is 25.7 Å². The van der Waals surface area contributed by atoms with E-state index in [2.05, 4.69) is 10.6 Å². The Morgan fingerprint density at radius 1 is 1.22 bits per heavy atom. The topological polar surface area (TPSA) is 100 Å². The Morgan fingerprint density at radius 3 is 2.50 bits per heavy atom. The van der Waals surface area contributed by atoms with Crippen LogP contribution in [0.2, 0.25) is 0 Å². The van der Waals surface area contributed by atoms with Gasteiger partial charge in [0.25, 0.3) is 0 Å². The molecule has 32 heavy (non-hydrogen) atoms. The summed E-state index contributed by atoms with van der Waals surface area (Å²) in [5.74, 6) is -0.0879. The van der Waals surface area contributed by atoms with Crippen LogP contribution in [0.1, 0.15) is 27.7 Å². The third-order valence-corrected chi connectivity index (χ3v) is 5.91. The number of cyclic esters (lactones) is 1. The average molecular weight is 448 g/mol. The Hall–Kier alpha value is -3.04. The maximum Gasteiger partial charge on any atom is 0.414 e. The van der Waals surface area contributed by atoms with Gasteiger partial charge in [0.1, 0.15) is 17.5 Å². The van der Waals surface area contributed by atoms with Crippen LogP contribution in [0, 0.1) is 17.7 Å². The van der Waals surface area contributed by atoms with Crippen LogP contribution in [0.4, 0.5) is 25.4 Å². The normalized spacial score (nSPS) is 26.5. The van der Waals surface area contributed by atoms with Crippen LogP contribution in [0.5, 0.6) is 0 Å². The molecular formula is C22H29FN4O5. The predicted octanol–water partition coefficient (Wildman–Crippen LogP) is 2.25. The molecule has 2 heterocycles. The van der Waals surface area contributed by atoms with Crippen LogP contribution in [0.15, 0.2) is 18.2 Å². The molecule has 10 heteroatoms. The van der Waals surface area contributed by atoms with E-state index < -0.39 is 29.7 Å². The molecule has 3 aliphatic rings. The van der Waals surface area contributed by atoms with Crippen molar-refractivity contribution < 1.29 is 28.2 Å². The Bertz CT molecular complexity index is 921. The van der Waals surface area contributed by atoms with E-state index in [1.165, 1.54) is 17.9 Å². The molecule has 174 valence electrons.